The fourth-order valence-corrected chi connectivity index (χ4v) is 4.37. The zero-order chi connectivity index (χ0) is 22.1. The smallest absolute Gasteiger partial charge is 0.141 e. The number of phenols is 2. The predicted octanol–water partition coefficient (Wildman–Crippen LogP) is 5.95. The van der Waals surface area contributed by atoms with E-state index in [9.17, 15) is 10.2 Å². The maximum atomic E-state index is 10.7. The van der Waals surface area contributed by atoms with E-state index in [1.165, 1.54) is 11.1 Å². The third-order valence-electron chi connectivity index (χ3n) is 6.03. The molecule has 4 rings (SSSR count). The van der Waals surface area contributed by atoms with Crippen molar-refractivity contribution in [2.75, 3.05) is 13.7 Å². The minimum absolute atomic E-state index is 0.00995. The van der Waals surface area contributed by atoms with Gasteiger partial charge in [-0.2, -0.15) is 0 Å². The number of aromatic hydroxyl groups is 2. The summed E-state index contributed by atoms with van der Waals surface area (Å²) in [5.41, 5.74) is 5.18. The highest BCUT2D eigenvalue weighted by Gasteiger charge is 2.44. The van der Waals surface area contributed by atoms with E-state index >= 15 is 0 Å². The van der Waals surface area contributed by atoms with Crippen molar-refractivity contribution in [2.45, 2.75) is 52.1 Å². The molecule has 2 aliphatic heterocycles. The Morgan fingerprint density at radius 3 is 2.71 bits per heavy atom. The summed E-state index contributed by atoms with van der Waals surface area (Å²) in [6, 6.07) is 6.84. The zero-order valence-electron chi connectivity index (χ0n) is 18.6. The summed E-state index contributed by atoms with van der Waals surface area (Å²) in [5, 5.41) is 20.6. The Morgan fingerprint density at radius 1 is 1.16 bits per heavy atom. The Kier molecular flexibility index (Phi) is 5.86. The predicted molar refractivity (Wildman–Crippen MR) is 120 cm³/mol. The monoisotopic (exact) mass is 422 g/mol. The minimum Gasteiger partial charge on any atom is -0.508 e. The van der Waals surface area contributed by atoms with Gasteiger partial charge in [-0.15, -0.1) is 0 Å². The molecular formula is C26H30O5. The summed E-state index contributed by atoms with van der Waals surface area (Å²) in [7, 11) is 1.58. The van der Waals surface area contributed by atoms with Crippen LogP contribution >= 0.6 is 0 Å². The van der Waals surface area contributed by atoms with Gasteiger partial charge in [-0.05, 0) is 46.1 Å². The van der Waals surface area contributed by atoms with Crippen LogP contribution in [0.1, 0.15) is 62.3 Å². The van der Waals surface area contributed by atoms with Crippen LogP contribution in [0.15, 0.2) is 47.6 Å². The first kappa shape index (κ1) is 21.2. The fourth-order valence-electron chi connectivity index (χ4n) is 4.37. The minimum atomic E-state index is -0.280. The van der Waals surface area contributed by atoms with Crippen molar-refractivity contribution in [1.82, 2.24) is 0 Å². The van der Waals surface area contributed by atoms with E-state index in [2.05, 4.69) is 32.9 Å². The molecule has 2 heterocycles. The number of methoxy groups -OCH3 is 1. The summed E-state index contributed by atoms with van der Waals surface area (Å²) in [6.07, 6.45) is 6.68. The van der Waals surface area contributed by atoms with Gasteiger partial charge >= 0.3 is 0 Å². The Labute approximate surface area is 183 Å². The number of allylic oxidation sites excluding steroid dienone is 4. The Balaban J connectivity index is 1.66. The average Bonchev–Trinajstić information content (AvgIpc) is 3.09. The number of fused-ring (bicyclic) bond motifs is 5. The molecule has 2 atom stereocenters. The molecule has 2 N–H and O–H groups in total. The molecule has 5 nitrogen and oxygen atoms in total. The Bertz CT molecular complexity index is 1050. The van der Waals surface area contributed by atoms with Crippen LogP contribution in [0.2, 0.25) is 0 Å². The highest BCUT2D eigenvalue weighted by Crippen LogP contribution is 2.56. The molecule has 31 heavy (non-hydrogen) atoms. The molecule has 0 saturated heterocycles. The van der Waals surface area contributed by atoms with Gasteiger partial charge in [0.25, 0.3) is 0 Å². The topological polar surface area (TPSA) is 68.2 Å². The maximum absolute atomic E-state index is 10.7. The number of benzene rings is 2. The van der Waals surface area contributed by atoms with Crippen molar-refractivity contribution >= 4 is 0 Å². The second-order valence-electron chi connectivity index (χ2n) is 8.57. The molecule has 0 spiro atoms. The fraction of sp³-hybridized carbons (Fsp3) is 0.385. The van der Waals surface area contributed by atoms with Crippen LogP contribution in [0.3, 0.4) is 0 Å². The highest BCUT2D eigenvalue weighted by molar-refractivity contribution is 5.62. The molecule has 0 amide bonds. The normalized spacial score (nSPS) is 18.9. The average molecular weight is 423 g/mol. The van der Waals surface area contributed by atoms with Crippen molar-refractivity contribution in [3.8, 4) is 28.7 Å². The van der Waals surface area contributed by atoms with E-state index in [4.69, 9.17) is 14.2 Å². The SMILES string of the molecule is COc1cc(O)c(C/C=C(\C)CCC=C(C)C)c2c1[C@@H]1Oc3cc(O)ccc3[C@@H]1CO2. The third kappa shape index (κ3) is 4.09. The van der Waals surface area contributed by atoms with Crippen molar-refractivity contribution in [3.63, 3.8) is 0 Å². The molecule has 0 bridgehead atoms. The van der Waals surface area contributed by atoms with Crippen LogP contribution in [-0.4, -0.2) is 23.9 Å². The lowest BCUT2D eigenvalue weighted by atomic mass is 9.87. The largest absolute Gasteiger partial charge is 0.508 e. The second kappa shape index (κ2) is 8.58. The van der Waals surface area contributed by atoms with Gasteiger partial charge in [0.05, 0.1) is 25.2 Å². The summed E-state index contributed by atoms with van der Waals surface area (Å²) in [4.78, 5) is 0. The van der Waals surface area contributed by atoms with Crippen molar-refractivity contribution in [1.29, 1.82) is 0 Å². The molecule has 0 fully saturated rings. The molecule has 2 aliphatic rings. The first-order chi connectivity index (χ1) is 14.9. The summed E-state index contributed by atoms with van der Waals surface area (Å²) >= 11 is 0. The van der Waals surface area contributed by atoms with Crippen LogP contribution in [0, 0.1) is 0 Å². The second-order valence-corrected chi connectivity index (χ2v) is 8.57. The van der Waals surface area contributed by atoms with Crippen LogP contribution < -0.4 is 14.2 Å². The van der Waals surface area contributed by atoms with E-state index in [1.807, 2.05) is 6.07 Å². The number of hydrogen-bond donors (Lipinski definition) is 2. The van der Waals surface area contributed by atoms with Crippen molar-refractivity contribution < 1.29 is 24.4 Å². The van der Waals surface area contributed by atoms with Gasteiger partial charge in [0.15, 0.2) is 0 Å². The van der Waals surface area contributed by atoms with Gasteiger partial charge in [0.1, 0.15) is 34.9 Å². The molecule has 5 heteroatoms. The van der Waals surface area contributed by atoms with Crippen molar-refractivity contribution in [2.24, 2.45) is 0 Å². The summed E-state index contributed by atoms with van der Waals surface area (Å²) < 4.78 is 18.0. The lowest BCUT2D eigenvalue weighted by Crippen LogP contribution is -2.24. The van der Waals surface area contributed by atoms with Crippen LogP contribution in [-0.2, 0) is 6.42 Å². The van der Waals surface area contributed by atoms with Gasteiger partial charge in [0, 0.05) is 23.3 Å². The van der Waals surface area contributed by atoms with E-state index in [0.29, 0.717) is 30.3 Å². The van der Waals surface area contributed by atoms with E-state index in [1.54, 1.807) is 25.3 Å². The summed E-state index contributed by atoms with van der Waals surface area (Å²) in [5.74, 6) is 2.20. The van der Waals surface area contributed by atoms with E-state index in [-0.39, 0.29) is 23.5 Å². The highest BCUT2D eigenvalue weighted by atomic mass is 16.5. The third-order valence-corrected chi connectivity index (χ3v) is 6.03. The Morgan fingerprint density at radius 2 is 1.97 bits per heavy atom. The molecule has 2 aromatic carbocycles. The number of rotatable bonds is 6. The molecule has 0 aromatic heterocycles. The lowest BCUT2D eigenvalue weighted by Gasteiger charge is -2.31. The van der Waals surface area contributed by atoms with Crippen LogP contribution in [0.5, 0.6) is 28.7 Å². The Hall–Kier alpha value is -3.08. The standard InChI is InChI=1S/C26H30O5/c1-15(2)6-5-7-16(3)8-10-19-21(28)13-23(29-4)24-25(19)30-14-20-18-11-9-17(27)12-22(18)31-26(20)24/h6,8-9,11-13,20,26-28H,5,7,10,14H2,1-4H3/b16-8+/t20-,26+/m0/s1. The molecule has 0 aliphatic carbocycles. The van der Waals surface area contributed by atoms with Crippen LogP contribution in [0.4, 0.5) is 0 Å². The van der Waals surface area contributed by atoms with Crippen molar-refractivity contribution in [3.05, 3.63) is 64.3 Å². The van der Waals surface area contributed by atoms with Gasteiger partial charge in [-0.25, -0.2) is 0 Å². The lowest BCUT2D eigenvalue weighted by molar-refractivity contribution is 0.134. The number of hydrogen-bond acceptors (Lipinski definition) is 5. The van der Waals surface area contributed by atoms with E-state index < -0.39 is 0 Å². The molecule has 0 unspecified atom stereocenters. The zero-order valence-corrected chi connectivity index (χ0v) is 18.6. The molecule has 0 saturated carbocycles. The number of phenolic OH excluding ortho intramolecular Hbond substituents is 2. The van der Waals surface area contributed by atoms with Crippen LogP contribution in [0.25, 0.3) is 0 Å². The first-order valence-electron chi connectivity index (χ1n) is 10.7. The maximum Gasteiger partial charge on any atom is 0.141 e. The van der Waals surface area contributed by atoms with Gasteiger partial charge in [0.2, 0.25) is 0 Å². The molecule has 0 radical (unpaired) electrons. The molecule has 164 valence electrons. The van der Waals surface area contributed by atoms with Gasteiger partial charge in [-0.1, -0.05) is 29.4 Å². The first-order valence-corrected chi connectivity index (χ1v) is 10.7. The van der Waals surface area contributed by atoms with Gasteiger partial charge in [-0.3, -0.25) is 0 Å². The van der Waals surface area contributed by atoms with Gasteiger partial charge < -0.3 is 24.4 Å². The summed E-state index contributed by atoms with van der Waals surface area (Å²) in [6.45, 7) is 6.77. The number of ether oxygens (including phenoxy) is 3. The quantitative estimate of drug-likeness (QED) is 0.563. The molecular weight excluding hydrogens is 392 g/mol. The van der Waals surface area contributed by atoms with E-state index in [0.717, 1.165) is 29.5 Å². The molecule has 2 aromatic rings.